The van der Waals surface area contributed by atoms with E-state index in [0.717, 1.165) is 11.6 Å². The molecule has 5 nitrogen and oxygen atoms in total. The van der Waals surface area contributed by atoms with E-state index >= 15 is 0 Å². The number of rotatable bonds is 4. The maximum Gasteiger partial charge on any atom is 0.417 e. The summed E-state index contributed by atoms with van der Waals surface area (Å²) in [5, 5.41) is 3.43. The van der Waals surface area contributed by atoms with Crippen LogP contribution in [0, 0.1) is 5.92 Å². The molecule has 0 saturated heterocycles. The van der Waals surface area contributed by atoms with Crippen LogP contribution in [-0.4, -0.2) is 11.0 Å². The molecule has 1 heterocycles. The highest BCUT2D eigenvalue weighted by molar-refractivity contribution is 5.85. The minimum absolute atomic E-state index is 0.447. The van der Waals surface area contributed by atoms with Gasteiger partial charge in [0.25, 0.3) is 0 Å². The first-order valence-electron chi connectivity index (χ1n) is 6.36. The fraction of sp³-hybridized carbons (Fsp3) is 0.462. The van der Waals surface area contributed by atoms with Crippen molar-refractivity contribution >= 4 is 22.5 Å². The normalized spacial score (nSPS) is 22.3. The number of nitrogens with one attached hydrogen (secondary N) is 2. The number of nitrogens with two attached hydrogens (primary N) is 1. The van der Waals surface area contributed by atoms with Crippen LogP contribution in [0.2, 0.25) is 0 Å². The number of H-pyrrole nitrogens is 1. The molecule has 1 saturated carbocycles. The standard InChI is InChI=1S/C13H17N3O2/c1-2-3-7-4-9(7)15-10-6-11-12(5-8(10)14)18-13(17)16-11/h5-7,9,15H,2-4,14H2,1H3,(H,16,17). The average Bonchev–Trinajstić information content (AvgIpc) is 2.92. The van der Waals surface area contributed by atoms with E-state index in [1.807, 2.05) is 6.07 Å². The number of hydrogen-bond acceptors (Lipinski definition) is 4. The SMILES string of the molecule is CCCC1CC1Nc1cc2[nH]c(=O)oc2cc1N. The predicted molar refractivity (Wildman–Crippen MR) is 71.7 cm³/mol. The van der Waals surface area contributed by atoms with Gasteiger partial charge in [-0.05, 0) is 24.8 Å². The van der Waals surface area contributed by atoms with Crippen molar-refractivity contribution in [2.75, 3.05) is 11.1 Å². The zero-order chi connectivity index (χ0) is 12.7. The molecule has 4 N–H and O–H groups in total. The molecule has 0 amide bonds. The van der Waals surface area contributed by atoms with Crippen molar-refractivity contribution in [3.63, 3.8) is 0 Å². The Labute approximate surface area is 104 Å². The van der Waals surface area contributed by atoms with Crippen LogP contribution in [-0.2, 0) is 0 Å². The smallest absolute Gasteiger partial charge is 0.408 e. The van der Waals surface area contributed by atoms with Crippen molar-refractivity contribution in [3.05, 3.63) is 22.7 Å². The van der Waals surface area contributed by atoms with Gasteiger partial charge in [0.2, 0.25) is 0 Å². The van der Waals surface area contributed by atoms with E-state index in [4.69, 9.17) is 10.2 Å². The van der Waals surface area contributed by atoms with Crippen molar-refractivity contribution < 1.29 is 4.42 Å². The molecule has 0 aliphatic heterocycles. The van der Waals surface area contributed by atoms with Crippen molar-refractivity contribution in [2.24, 2.45) is 5.92 Å². The van der Waals surface area contributed by atoms with E-state index in [1.54, 1.807) is 6.07 Å². The van der Waals surface area contributed by atoms with Crippen LogP contribution in [0.1, 0.15) is 26.2 Å². The van der Waals surface area contributed by atoms with Gasteiger partial charge in [0.1, 0.15) is 0 Å². The lowest BCUT2D eigenvalue weighted by Gasteiger charge is -2.08. The number of aromatic amines is 1. The van der Waals surface area contributed by atoms with Gasteiger partial charge < -0.3 is 15.5 Å². The number of hydrogen-bond donors (Lipinski definition) is 3. The van der Waals surface area contributed by atoms with E-state index < -0.39 is 5.76 Å². The minimum atomic E-state index is -0.447. The summed E-state index contributed by atoms with van der Waals surface area (Å²) >= 11 is 0. The lowest BCUT2D eigenvalue weighted by atomic mass is 10.2. The van der Waals surface area contributed by atoms with Crippen molar-refractivity contribution in [2.45, 2.75) is 32.2 Å². The average molecular weight is 247 g/mol. The molecule has 3 rings (SSSR count). The molecule has 0 radical (unpaired) electrons. The third-order valence-electron chi connectivity index (χ3n) is 3.51. The molecule has 2 unspecified atom stereocenters. The van der Waals surface area contributed by atoms with E-state index in [9.17, 15) is 4.79 Å². The Kier molecular flexibility index (Phi) is 2.54. The van der Waals surface area contributed by atoms with Crippen LogP contribution in [0.3, 0.4) is 0 Å². The number of oxazole rings is 1. The molecule has 2 aromatic rings. The van der Waals surface area contributed by atoms with Crippen molar-refractivity contribution in [1.29, 1.82) is 0 Å². The largest absolute Gasteiger partial charge is 0.417 e. The highest BCUT2D eigenvalue weighted by Crippen LogP contribution is 2.38. The Morgan fingerprint density at radius 3 is 3.17 bits per heavy atom. The topological polar surface area (TPSA) is 84.0 Å². The van der Waals surface area contributed by atoms with Gasteiger partial charge in [-0.15, -0.1) is 0 Å². The van der Waals surface area contributed by atoms with E-state index in [0.29, 0.717) is 22.8 Å². The molecule has 1 aliphatic rings. The molecule has 2 atom stereocenters. The van der Waals surface area contributed by atoms with Crippen LogP contribution in [0.25, 0.3) is 11.1 Å². The first kappa shape index (κ1) is 11.2. The first-order chi connectivity index (χ1) is 8.67. The highest BCUT2D eigenvalue weighted by atomic mass is 16.4. The van der Waals surface area contributed by atoms with Gasteiger partial charge in [-0.3, -0.25) is 4.98 Å². The summed E-state index contributed by atoms with van der Waals surface area (Å²) in [7, 11) is 0. The number of anilines is 2. The Morgan fingerprint density at radius 2 is 2.39 bits per heavy atom. The molecule has 0 spiro atoms. The summed E-state index contributed by atoms with van der Waals surface area (Å²) in [6.07, 6.45) is 3.67. The van der Waals surface area contributed by atoms with Crippen LogP contribution >= 0.6 is 0 Å². The summed E-state index contributed by atoms with van der Waals surface area (Å²) in [5.74, 6) is 0.310. The highest BCUT2D eigenvalue weighted by Gasteiger charge is 2.36. The van der Waals surface area contributed by atoms with Gasteiger partial charge in [-0.2, -0.15) is 0 Å². The molecule has 1 fully saturated rings. The Balaban J connectivity index is 1.83. The molecule has 96 valence electrons. The Hall–Kier alpha value is -1.91. The zero-order valence-electron chi connectivity index (χ0n) is 10.3. The third kappa shape index (κ3) is 1.96. The molecule has 1 aromatic heterocycles. The summed E-state index contributed by atoms with van der Waals surface area (Å²) in [6, 6.07) is 4.05. The second-order valence-electron chi connectivity index (χ2n) is 4.99. The maximum atomic E-state index is 11.1. The second-order valence-corrected chi connectivity index (χ2v) is 4.99. The Morgan fingerprint density at radius 1 is 1.56 bits per heavy atom. The number of benzene rings is 1. The molecule has 1 aliphatic carbocycles. The summed E-state index contributed by atoms with van der Waals surface area (Å²) in [4.78, 5) is 13.7. The van der Waals surface area contributed by atoms with Crippen LogP contribution in [0.4, 0.5) is 11.4 Å². The molecule has 5 heteroatoms. The maximum absolute atomic E-state index is 11.1. The number of aromatic nitrogens is 1. The zero-order valence-corrected chi connectivity index (χ0v) is 10.3. The number of nitrogen functional groups attached to an aromatic ring is 1. The number of fused-ring (bicyclic) bond motifs is 1. The van der Waals surface area contributed by atoms with Crippen LogP contribution < -0.4 is 16.8 Å². The quantitative estimate of drug-likeness (QED) is 0.724. The summed E-state index contributed by atoms with van der Waals surface area (Å²) in [6.45, 7) is 2.20. The summed E-state index contributed by atoms with van der Waals surface area (Å²) in [5.41, 5.74) is 8.64. The van der Waals surface area contributed by atoms with Gasteiger partial charge in [-0.1, -0.05) is 13.3 Å². The van der Waals surface area contributed by atoms with Gasteiger partial charge in [0.05, 0.1) is 16.9 Å². The predicted octanol–water partition coefficient (Wildman–Crippen LogP) is 2.30. The molecular formula is C13H17N3O2. The van der Waals surface area contributed by atoms with Crippen LogP contribution in [0.5, 0.6) is 0 Å². The van der Waals surface area contributed by atoms with Gasteiger partial charge in [-0.25, -0.2) is 4.79 Å². The minimum Gasteiger partial charge on any atom is -0.408 e. The monoisotopic (exact) mass is 247 g/mol. The van der Waals surface area contributed by atoms with E-state index in [-0.39, 0.29) is 0 Å². The van der Waals surface area contributed by atoms with E-state index in [2.05, 4.69) is 17.2 Å². The lowest BCUT2D eigenvalue weighted by Crippen LogP contribution is -2.06. The fourth-order valence-electron chi connectivity index (χ4n) is 2.45. The molecular weight excluding hydrogens is 230 g/mol. The van der Waals surface area contributed by atoms with Gasteiger partial charge >= 0.3 is 5.76 Å². The van der Waals surface area contributed by atoms with Crippen LogP contribution in [0.15, 0.2) is 21.3 Å². The third-order valence-corrected chi connectivity index (χ3v) is 3.51. The van der Waals surface area contributed by atoms with E-state index in [1.165, 1.54) is 19.3 Å². The fourth-order valence-corrected chi connectivity index (χ4v) is 2.45. The van der Waals surface area contributed by atoms with Crippen molar-refractivity contribution in [3.8, 4) is 0 Å². The van der Waals surface area contributed by atoms with Crippen molar-refractivity contribution in [1.82, 2.24) is 4.98 Å². The second kappa shape index (κ2) is 4.08. The molecule has 1 aromatic carbocycles. The van der Waals surface area contributed by atoms with Gasteiger partial charge in [0, 0.05) is 12.1 Å². The molecule has 0 bridgehead atoms. The first-order valence-corrected chi connectivity index (χ1v) is 6.36. The van der Waals surface area contributed by atoms with Gasteiger partial charge in [0.15, 0.2) is 5.58 Å². The lowest BCUT2D eigenvalue weighted by molar-refractivity contribution is 0.555. The summed E-state index contributed by atoms with van der Waals surface area (Å²) < 4.78 is 4.97. The Bertz CT molecular complexity index is 629. The molecule has 18 heavy (non-hydrogen) atoms.